The van der Waals surface area contributed by atoms with E-state index in [1.807, 2.05) is 6.92 Å². The molecule has 0 saturated heterocycles. The monoisotopic (exact) mass is 358 g/mol. The molecule has 1 heterocycles. The second-order valence-electron chi connectivity index (χ2n) is 5.52. The van der Waals surface area contributed by atoms with Crippen LogP contribution in [0.1, 0.15) is 40.4 Å². The van der Waals surface area contributed by atoms with Crippen molar-refractivity contribution in [3.8, 4) is 0 Å². The predicted octanol–water partition coefficient (Wildman–Crippen LogP) is 1.76. The summed E-state index contributed by atoms with van der Waals surface area (Å²) in [5, 5.41) is 9.42. The third-order valence-electron chi connectivity index (χ3n) is 3.52. The molecule has 0 radical (unpaired) electrons. The maximum Gasteiger partial charge on any atom is 0.338 e. The SMILES string of the molecule is CCOC(=O)c1ccc(NC(=O)CNC(=O)c2cc(C)nn2CC)cc1. The molecule has 0 saturated carbocycles. The molecule has 0 fully saturated rings. The normalized spacial score (nSPS) is 10.3. The summed E-state index contributed by atoms with van der Waals surface area (Å²) in [5.74, 6) is -1.15. The van der Waals surface area contributed by atoms with E-state index < -0.39 is 5.97 Å². The van der Waals surface area contributed by atoms with E-state index in [2.05, 4.69) is 15.7 Å². The first-order valence-corrected chi connectivity index (χ1v) is 8.34. The average molecular weight is 358 g/mol. The number of anilines is 1. The number of amides is 2. The number of aromatic nitrogens is 2. The summed E-state index contributed by atoms with van der Waals surface area (Å²) in [6.07, 6.45) is 0. The smallest absolute Gasteiger partial charge is 0.338 e. The Balaban J connectivity index is 1.88. The van der Waals surface area contributed by atoms with Crippen LogP contribution in [0, 0.1) is 6.92 Å². The van der Waals surface area contributed by atoms with Gasteiger partial charge in [0.1, 0.15) is 5.69 Å². The third-order valence-corrected chi connectivity index (χ3v) is 3.52. The van der Waals surface area contributed by atoms with Gasteiger partial charge in [0.05, 0.1) is 24.4 Å². The Morgan fingerprint density at radius 2 is 1.85 bits per heavy atom. The first-order valence-electron chi connectivity index (χ1n) is 8.34. The Morgan fingerprint density at radius 1 is 1.15 bits per heavy atom. The standard InChI is InChI=1S/C18H22N4O4/c1-4-22-15(10-12(3)21-22)17(24)19-11-16(23)20-14-8-6-13(7-9-14)18(25)26-5-2/h6-10H,4-5,11H2,1-3H3,(H,19,24)(H,20,23). The average Bonchev–Trinajstić information content (AvgIpc) is 3.01. The van der Waals surface area contributed by atoms with Crippen molar-refractivity contribution in [1.29, 1.82) is 0 Å². The molecule has 2 aromatic rings. The zero-order valence-corrected chi connectivity index (χ0v) is 15.0. The molecule has 0 spiro atoms. The second-order valence-corrected chi connectivity index (χ2v) is 5.52. The van der Waals surface area contributed by atoms with E-state index in [0.29, 0.717) is 30.1 Å². The van der Waals surface area contributed by atoms with Crippen LogP contribution in [0.5, 0.6) is 0 Å². The zero-order chi connectivity index (χ0) is 19.1. The van der Waals surface area contributed by atoms with E-state index in [4.69, 9.17) is 4.74 Å². The molecule has 8 heteroatoms. The number of carbonyl (C=O) groups excluding carboxylic acids is 3. The van der Waals surface area contributed by atoms with Crippen LogP contribution in [0.25, 0.3) is 0 Å². The number of nitrogens with one attached hydrogen (secondary N) is 2. The van der Waals surface area contributed by atoms with Crippen LogP contribution < -0.4 is 10.6 Å². The molecule has 2 rings (SSSR count). The summed E-state index contributed by atoms with van der Waals surface area (Å²) < 4.78 is 6.48. The summed E-state index contributed by atoms with van der Waals surface area (Å²) in [6.45, 7) is 6.11. The Hall–Kier alpha value is -3.16. The van der Waals surface area contributed by atoms with Crippen molar-refractivity contribution >= 4 is 23.5 Å². The maximum atomic E-state index is 12.2. The molecule has 0 aliphatic heterocycles. The molecule has 26 heavy (non-hydrogen) atoms. The van der Waals surface area contributed by atoms with Crippen LogP contribution in [0.4, 0.5) is 5.69 Å². The molecule has 2 N–H and O–H groups in total. The van der Waals surface area contributed by atoms with E-state index in [1.165, 1.54) is 0 Å². The molecule has 0 atom stereocenters. The quantitative estimate of drug-likeness (QED) is 0.734. The number of hydrogen-bond acceptors (Lipinski definition) is 5. The number of hydrogen-bond donors (Lipinski definition) is 2. The minimum Gasteiger partial charge on any atom is -0.462 e. The molecule has 8 nitrogen and oxygen atoms in total. The van der Waals surface area contributed by atoms with Gasteiger partial charge in [-0.15, -0.1) is 0 Å². The van der Waals surface area contributed by atoms with E-state index >= 15 is 0 Å². The van der Waals surface area contributed by atoms with Gasteiger partial charge in [-0.05, 0) is 51.1 Å². The summed E-state index contributed by atoms with van der Waals surface area (Å²) in [5.41, 5.74) is 2.08. The van der Waals surface area contributed by atoms with Gasteiger partial charge in [-0.2, -0.15) is 5.10 Å². The van der Waals surface area contributed by atoms with Crippen LogP contribution in [-0.2, 0) is 16.1 Å². The first-order chi connectivity index (χ1) is 12.4. The van der Waals surface area contributed by atoms with E-state index in [9.17, 15) is 14.4 Å². The van der Waals surface area contributed by atoms with Gasteiger partial charge < -0.3 is 15.4 Å². The van der Waals surface area contributed by atoms with Crippen molar-refractivity contribution in [3.63, 3.8) is 0 Å². The van der Waals surface area contributed by atoms with Gasteiger partial charge >= 0.3 is 5.97 Å². The van der Waals surface area contributed by atoms with Gasteiger partial charge in [0.2, 0.25) is 5.91 Å². The Bertz CT molecular complexity index is 796. The van der Waals surface area contributed by atoms with Crippen LogP contribution in [0.3, 0.4) is 0 Å². The number of nitrogens with zero attached hydrogens (tertiary/aromatic N) is 2. The highest BCUT2D eigenvalue weighted by Gasteiger charge is 2.14. The predicted molar refractivity (Wildman–Crippen MR) is 96.0 cm³/mol. The van der Waals surface area contributed by atoms with Gasteiger partial charge in [0.25, 0.3) is 5.91 Å². The fraction of sp³-hybridized carbons (Fsp3) is 0.333. The maximum absolute atomic E-state index is 12.2. The lowest BCUT2D eigenvalue weighted by Gasteiger charge is -2.08. The highest BCUT2D eigenvalue weighted by molar-refractivity contribution is 5.99. The van der Waals surface area contributed by atoms with Crippen molar-refractivity contribution in [2.45, 2.75) is 27.3 Å². The van der Waals surface area contributed by atoms with Gasteiger partial charge in [-0.3, -0.25) is 14.3 Å². The summed E-state index contributed by atoms with van der Waals surface area (Å²) in [4.78, 5) is 35.7. The van der Waals surface area contributed by atoms with Crippen LogP contribution in [0.2, 0.25) is 0 Å². The lowest BCUT2D eigenvalue weighted by Crippen LogP contribution is -2.34. The molecule has 1 aromatic carbocycles. The Kier molecular flexibility index (Phi) is 6.48. The van der Waals surface area contributed by atoms with Crippen molar-refractivity contribution in [2.75, 3.05) is 18.5 Å². The number of esters is 1. The van der Waals surface area contributed by atoms with Crippen LogP contribution in [-0.4, -0.2) is 40.7 Å². The van der Waals surface area contributed by atoms with Crippen molar-refractivity contribution < 1.29 is 19.1 Å². The fourth-order valence-corrected chi connectivity index (χ4v) is 2.33. The number of rotatable bonds is 7. The lowest BCUT2D eigenvalue weighted by atomic mass is 10.2. The molecule has 2 amide bonds. The Morgan fingerprint density at radius 3 is 2.46 bits per heavy atom. The molecular formula is C18H22N4O4. The molecule has 0 unspecified atom stereocenters. The third kappa shape index (κ3) is 4.92. The summed E-state index contributed by atoms with van der Waals surface area (Å²) in [6, 6.07) is 8.00. The first kappa shape index (κ1) is 19.2. The molecule has 0 aliphatic rings. The topological polar surface area (TPSA) is 102 Å². The van der Waals surface area contributed by atoms with Crippen LogP contribution in [0.15, 0.2) is 30.3 Å². The molecule has 0 aliphatic carbocycles. The molecule has 0 bridgehead atoms. The number of aryl methyl sites for hydroxylation is 2. The van der Waals surface area contributed by atoms with Gasteiger partial charge in [0, 0.05) is 12.2 Å². The minimum absolute atomic E-state index is 0.174. The zero-order valence-electron chi connectivity index (χ0n) is 15.0. The van der Waals surface area contributed by atoms with Gasteiger partial charge in [-0.1, -0.05) is 0 Å². The number of benzene rings is 1. The van der Waals surface area contributed by atoms with Crippen molar-refractivity contribution in [2.24, 2.45) is 0 Å². The highest BCUT2D eigenvalue weighted by Crippen LogP contribution is 2.10. The number of ether oxygens (including phenoxy) is 1. The van der Waals surface area contributed by atoms with Gasteiger partial charge in [0.15, 0.2) is 0 Å². The second kappa shape index (κ2) is 8.80. The molecule has 1 aromatic heterocycles. The van der Waals surface area contributed by atoms with Crippen LogP contribution >= 0.6 is 0 Å². The molecule has 138 valence electrons. The van der Waals surface area contributed by atoms with Crippen molar-refractivity contribution in [3.05, 3.63) is 47.3 Å². The van der Waals surface area contributed by atoms with E-state index in [1.54, 1.807) is 48.9 Å². The summed E-state index contributed by atoms with van der Waals surface area (Å²) >= 11 is 0. The fourth-order valence-electron chi connectivity index (χ4n) is 2.33. The Labute approximate surface area is 151 Å². The minimum atomic E-state index is -0.416. The lowest BCUT2D eigenvalue weighted by molar-refractivity contribution is -0.115. The largest absolute Gasteiger partial charge is 0.462 e. The summed E-state index contributed by atoms with van der Waals surface area (Å²) in [7, 11) is 0. The highest BCUT2D eigenvalue weighted by atomic mass is 16.5. The van der Waals surface area contributed by atoms with Crippen molar-refractivity contribution in [1.82, 2.24) is 15.1 Å². The van der Waals surface area contributed by atoms with E-state index in [-0.39, 0.29) is 18.4 Å². The molecular weight excluding hydrogens is 336 g/mol. The van der Waals surface area contributed by atoms with Gasteiger partial charge in [-0.25, -0.2) is 4.79 Å². The number of carbonyl (C=O) groups is 3. The van der Waals surface area contributed by atoms with E-state index in [0.717, 1.165) is 5.69 Å².